The number of rotatable bonds is 6. The van der Waals surface area contributed by atoms with Gasteiger partial charge in [-0.1, -0.05) is 6.92 Å². The van der Waals surface area contributed by atoms with Crippen LogP contribution in [0.25, 0.3) is 0 Å². The van der Waals surface area contributed by atoms with E-state index in [2.05, 4.69) is 27.9 Å². The second-order valence-electron chi connectivity index (χ2n) is 3.71. The fraction of sp³-hybridized carbons (Fsp3) is 0.417. The standard InChI is InChI=1S/C12H18N4O2/c1-3-6-14-9-4-5-10(15-7-9)12(18)16-8-11(17)13-2/h4-5,7,14H,3,6,8H2,1-2H3,(H,13,17)(H,16,18). The quantitative estimate of drug-likeness (QED) is 0.681. The molecule has 6 nitrogen and oxygen atoms in total. The molecule has 0 fully saturated rings. The molecule has 18 heavy (non-hydrogen) atoms. The molecular formula is C12H18N4O2. The highest BCUT2D eigenvalue weighted by molar-refractivity contribution is 5.94. The lowest BCUT2D eigenvalue weighted by Crippen LogP contribution is -2.35. The Bertz CT molecular complexity index is 403. The van der Waals surface area contributed by atoms with E-state index in [1.54, 1.807) is 18.3 Å². The fourth-order valence-corrected chi connectivity index (χ4v) is 1.24. The van der Waals surface area contributed by atoms with Crippen molar-refractivity contribution in [2.24, 2.45) is 0 Å². The number of amides is 2. The van der Waals surface area contributed by atoms with E-state index in [0.29, 0.717) is 5.69 Å². The molecule has 0 aliphatic rings. The van der Waals surface area contributed by atoms with Crippen molar-refractivity contribution in [1.29, 1.82) is 0 Å². The van der Waals surface area contributed by atoms with Crippen molar-refractivity contribution in [3.05, 3.63) is 24.0 Å². The van der Waals surface area contributed by atoms with E-state index in [9.17, 15) is 9.59 Å². The Hall–Kier alpha value is -2.11. The third-order valence-corrected chi connectivity index (χ3v) is 2.26. The van der Waals surface area contributed by atoms with Crippen LogP contribution in [0.2, 0.25) is 0 Å². The van der Waals surface area contributed by atoms with Gasteiger partial charge in [-0.2, -0.15) is 0 Å². The molecule has 0 spiro atoms. The zero-order chi connectivity index (χ0) is 13.4. The lowest BCUT2D eigenvalue weighted by Gasteiger charge is -2.06. The summed E-state index contributed by atoms with van der Waals surface area (Å²) in [5.74, 6) is -0.606. The second-order valence-corrected chi connectivity index (χ2v) is 3.71. The molecule has 1 aromatic heterocycles. The number of nitrogens with zero attached hydrogens (tertiary/aromatic N) is 1. The number of hydrogen-bond acceptors (Lipinski definition) is 4. The molecular weight excluding hydrogens is 232 g/mol. The van der Waals surface area contributed by atoms with Crippen LogP contribution >= 0.6 is 0 Å². The number of carbonyl (C=O) groups excluding carboxylic acids is 2. The number of carbonyl (C=O) groups is 2. The van der Waals surface area contributed by atoms with Crippen molar-refractivity contribution in [3.63, 3.8) is 0 Å². The molecule has 0 unspecified atom stereocenters. The molecule has 0 radical (unpaired) electrons. The summed E-state index contributed by atoms with van der Waals surface area (Å²) in [6, 6.07) is 3.41. The summed E-state index contributed by atoms with van der Waals surface area (Å²) in [7, 11) is 1.51. The lowest BCUT2D eigenvalue weighted by molar-refractivity contribution is -0.119. The van der Waals surface area contributed by atoms with Crippen LogP contribution in [0.15, 0.2) is 18.3 Å². The molecule has 2 amide bonds. The molecule has 1 heterocycles. The third kappa shape index (κ3) is 4.40. The highest BCUT2D eigenvalue weighted by Gasteiger charge is 2.08. The molecule has 0 atom stereocenters. The fourth-order valence-electron chi connectivity index (χ4n) is 1.24. The van der Waals surface area contributed by atoms with E-state index in [4.69, 9.17) is 0 Å². The normalized spacial score (nSPS) is 9.67. The summed E-state index contributed by atoms with van der Waals surface area (Å²) in [6.07, 6.45) is 2.62. The number of anilines is 1. The highest BCUT2D eigenvalue weighted by atomic mass is 16.2. The molecule has 0 saturated heterocycles. The first-order valence-electron chi connectivity index (χ1n) is 5.86. The Morgan fingerprint density at radius 1 is 1.33 bits per heavy atom. The van der Waals surface area contributed by atoms with Crippen molar-refractivity contribution >= 4 is 17.5 Å². The summed E-state index contributed by atoms with van der Waals surface area (Å²) in [5, 5.41) is 8.06. The Labute approximate surface area is 106 Å². The van der Waals surface area contributed by atoms with E-state index in [1.165, 1.54) is 7.05 Å². The number of nitrogens with one attached hydrogen (secondary N) is 3. The first-order chi connectivity index (χ1) is 8.67. The monoisotopic (exact) mass is 250 g/mol. The molecule has 98 valence electrons. The van der Waals surface area contributed by atoms with Gasteiger partial charge >= 0.3 is 0 Å². The minimum atomic E-state index is -0.361. The predicted molar refractivity (Wildman–Crippen MR) is 69.4 cm³/mol. The van der Waals surface area contributed by atoms with Crippen LogP contribution in [-0.4, -0.2) is 36.9 Å². The van der Waals surface area contributed by atoms with Crippen LogP contribution in [0.5, 0.6) is 0 Å². The maximum Gasteiger partial charge on any atom is 0.270 e. The zero-order valence-electron chi connectivity index (χ0n) is 10.6. The van der Waals surface area contributed by atoms with Gasteiger partial charge in [-0.3, -0.25) is 9.59 Å². The smallest absolute Gasteiger partial charge is 0.270 e. The summed E-state index contributed by atoms with van der Waals surface area (Å²) in [6.45, 7) is 2.89. The van der Waals surface area contributed by atoms with Crippen LogP contribution in [0.3, 0.4) is 0 Å². The van der Waals surface area contributed by atoms with Gasteiger partial charge in [-0.15, -0.1) is 0 Å². The number of hydrogen-bond donors (Lipinski definition) is 3. The average Bonchev–Trinajstić information content (AvgIpc) is 2.42. The van der Waals surface area contributed by atoms with Gasteiger partial charge in [-0.25, -0.2) is 4.98 Å². The highest BCUT2D eigenvalue weighted by Crippen LogP contribution is 2.05. The first kappa shape index (κ1) is 14.0. The predicted octanol–water partition coefficient (Wildman–Crippen LogP) is 0.379. The van der Waals surface area contributed by atoms with Crippen molar-refractivity contribution in [3.8, 4) is 0 Å². The summed E-state index contributed by atoms with van der Waals surface area (Å²) in [4.78, 5) is 26.6. The topological polar surface area (TPSA) is 83.1 Å². The van der Waals surface area contributed by atoms with Crippen LogP contribution in [0.4, 0.5) is 5.69 Å². The number of aromatic nitrogens is 1. The van der Waals surface area contributed by atoms with Crippen LogP contribution < -0.4 is 16.0 Å². The summed E-state index contributed by atoms with van der Waals surface area (Å²) >= 11 is 0. The Kier molecular flexibility index (Phi) is 5.63. The Morgan fingerprint density at radius 3 is 2.67 bits per heavy atom. The summed E-state index contributed by atoms with van der Waals surface area (Å²) in [5.41, 5.74) is 1.17. The van der Waals surface area contributed by atoms with Crippen LogP contribution in [0, 0.1) is 0 Å². The molecule has 0 aromatic carbocycles. The Balaban J connectivity index is 2.51. The lowest BCUT2D eigenvalue weighted by atomic mass is 10.3. The van der Waals surface area contributed by atoms with Gasteiger partial charge in [0.25, 0.3) is 5.91 Å². The number of likely N-dealkylation sites (N-methyl/N-ethyl adjacent to an activating group) is 1. The molecule has 0 saturated carbocycles. The third-order valence-electron chi connectivity index (χ3n) is 2.26. The van der Waals surface area contributed by atoms with Crippen molar-refractivity contribution in [2.45, 2.75) is 13.3 Å². The number of pyridine rings is 1. The molecule has 1 aromatic rings. The van der Waals surface area contributed by atoms with Gasteiger partial charge in [0, 0.05) is 13.6 Å². The SMILES string of the molecule is CCCNc1ccc(C(=O)NCC(=O)NC)nc1. The summed E-state index contributed by atoms with van der Waals surface area (Å²) < 4.78 is 0. The van der Waals surface area contributed by atoms with Crippen LogP contribution in [-0.2, 0) is 4.79 Å². The second kappa shape index (κ2) is 7.26. The molecule has 0 bridgehead atoms. The zero-order valence-corrected chi connectivity index (χ0v) is 10.6. The van der Waals surface area contributed by atoms with Crippen molar-refractivity contribution in [1.82, 2.24) is 15.6 Å². The van der Waals surface area contributed by atoms with Gasteiger partial charge in [0.05, 0.1) is 18.4 Å². The van der Waals surface area contributed by atoms with Gasteiger partial charge in [0.15, 0.2) is 0 Å². The van der Waals surface area contributed by atoms with E-state index in [-0.39, 0.29) is 18.4 Å². The average molecular weight is 250 g/mol. The van der Waals surface area contributed by atoms with E-state index in [0.717, 1.165) is 18.7 Å². The van der Waals surface area contributed by atoms with Crippen molar-refractivity contribution in [2.75, 3.05) is 25.5 Å². The maximum absolute atomic E-state index is 11.6. The van der Waals surface area contributed by atoms with Gasteiger partial charge in [0.1, 0.15) is 5.69 Å². The first-order valence-corrected chi connectivity index (χ1v) is 5.86. The van der Waals surface area contributed by atoms with E-state index < -0.39 is 0 Å². The van der Waals surface area contributed by atoms with Crippen LogP contribution in [0.1, 0.15) is 23.8 Å². The maximum atomic E-state index is 11.6. The molecule has 3 N–H and O–H groups in total. The minimum absolute atomic E-state index is 0.0488. The molecule has 0 aliphatic carbocycles. The van der Waals surface area contributed by atoms with Gasteiger partial charge < -0.3 is 16.0 Å². The Morgan fingerprint density at radius 2 is 2.11 bits per heavy atom. The molecule has 0 aliphatic heterocycles. The van der Waals surface area contributed by atoms with Gasteiger partial charge in [0.2, 0.25) is 5.91 Å². The molecule has 1 rings (SSSR count). The van der Waals surface area contributed by atoms with Gasteiger partial charge in [-0.05, 0) is 18.6 Å². The van der Waals surface area contributed by atoms with E-state index >= 15 is 0 Å². The van der Waals surface area contributed by atoms with E-state index in [1.807, 2.05) is 0 Å². The van der Waals surface area contributed by atoms with Crippen molar-refractivity contribution < 1.29 is 9.59 Å². The largest absolute Gasteiger partial charge is 0.384 e. The molecule has 6 heteroatoms. The minimum Gasteiger partial charge on any atom is -0.384 e.